The van der Waals surface area contributed by atoms with E-state index in [1.807, 2.05) is 12.3 Å². The monoisotopic (exact) mass is 466 g/mol. The summed E-state index contributed by atoms with van der Waals surface area (Å²) in [6, 6.07) is 34.3. The van der Waals surface area contributed by atoms with Gasteiger partial charge >= 0.3 is 0 Å². The van der Waals surface area contributed by atoms with Crippen molar-refractivity contribution in [1.29, 1.82) is 0 Å². The lowest BCUT2D eigenvalue weighted by Gasteiger charge is -2.19. The number of aromatic nitrogens is 4. The molecular formula is C32H26N4. The number of hydrogen-bond acceptors (Lipinski definition) is 2. The van der Waals surface area contributed by atoms with Gasteiger partial charge in [0.25, 0.3) is 0 Å². The molecule has 0 spiro atoms. The van der Waals surface area contributed by atoms with E-state index in [1.165, 1.54) is 5.56 Å². The Morgan fingerprint density at radius 1 is 0.583 bits per heavy atom. The van der Waals surface area contributed by atoms with Gasteiger partial charge in [0.15, 0.2) is 0 Å². The third kappa shape index (κ3) is 3.01. The summed E-state index contributed by atoms with van der Waals surface area (Å²) in [5.74, 6) is 0. The van der Waals surface area contributed by atoms with E-state index in [4.69, 9.17) is 9.97 Å². The van der Waals surface area contributed by atoms with Crippen molar-refractivity contribution in [3.05, 3.63) is 109 Å². The number of para-hydroxylation sites is 2. The molecule has 4 nitrogen and oxygen atoms in total. The Hall–Kier alpha value is -4.44. The third-order valence-electron chi connectivity index (χ3n) is 7.12. The molecule has 4 heterocycles. The van der Waals surface area contributed by atoms with Crippen molar-refractivity contribution in [3.8, 4) is 11.4 Å². The Morgan fingerprint density at radius 2 is 1.28 bits per heavy atom. The van der Waals surface area contributed by atoms with Crippen LogP contribution < -0.4 is 0 Å². The summed E-state index contributed by atoms with van der Waals surface area (Å²) in [4.78, 5) is 10.1. The molecule has 0 N–H and O–H groups in total. The van der Waals surface area contributed by atoms with Gasteiger partial charge in [-0.1, -0.05) is 69.3 Å². The van der Waals surface area contributed by atoms with Crippen molar-refractivity contribution >= 4 is 44.0 Å². The van der Waals surface area contributed by atoms with Crippen molar-refractivity contribution < 1.29 is 0 Å². The number of rotatable bonds is 2. The van der Waals surface area contributed by atoms with Crippen LogP contribution in [0.3, 0.4) is 0 Å². The van der Waals surface area contributed by atoms with Gasteiger partial charge in [0.05, 0.1) is 27.6 Å². The van der Waals surface area contributed by atoms with Crippen molar-refractivity contribution in [3.63, 3.8) is 0 Å². The molecule has 4 heteroatoms. The maximum Gasteiger partial charge on any atom is 0.148 e. The van der Waals surface area contributed by atoms with Crippen LogP contribution >= 0.6 is 0 Å². The topological polar surface area (TPSA) is 35.6 Å². The van der Waals surface area contributed by atoms with Crippen molar-refractivity contribution in [1.82, 2.24) is 19.1 Å². The molecule has 0 saturated heterocycles. The van der Waals surface area contributed by atoms with Gasteiger partial charge in [0, 0.05) is 28.3 Å². The maximum absolute atomic E-state index is 5.34. The largest absolute Gasteiger partial charge is 0.308 e. The van der Waals surface area contributed by atoms with Crippen LogP contribution in [0.15, 0.2) is 103 Å². The van der Waals surface area contributed by atoms with Gasteiger partial charge in [-0.15, -0.1) is 0 Å². The van der Waals surface area contributed by atoms with Gasteiger partial charge in [0.2, 0.25) is 0 Å². The minimum atomic E-state index is 0.102. The first-order chi connectivity index (χ1) is 17.5. The Kier molecular flexibility index (Phi) is 4.37. The van der Waals surface area contributed by atoms with Gasteiger partial charge in [-0.05, 0) is 59.5 Å². The fourth-order valence-electron chi connectivity index (χ4n) is 5.33. The number of hydrogen-bond donors (Lipinski definition) is 0. The lowest BCUT2D eigenvalue weighted by Crippen LogP contribution is -2.10. The van der Waals surface area contributed by atoms with Crippen LogP contribution in [0.25, 0.3) is 55.4 Å². The summed E-state index contributed by atoms with van der Waals surface area (Å²) in [6.45, 7) is 6.73. The molecule has 4 aromatic heterocycles. The Morgan fingerprint density at radius 3 is 2.06 bits per heavy atom. The Bertz CT molecular complexity index is 1900. The summed E-state index contributed by atoms with van der Waals surface area (Å²) in [5, 5.41) is 2.20. The molecule has 0 saturated carbocycles. The second kappa shape index (κ2) is 7.53. The fourth-order valence-corrected chi connectivity index (χ4v) is 5.33. The zero-order chi connectivity index (χ0) is 24.4. The van der Waals surface area contributed by atoms with Gasteiger partial charge in [-0.3, -0.25) is 9.55 Å². The molecule has 7 aromatic rings. The second-order valence-electron chi connectivity index (χ2n) is 10.4. The molecule has 174 valence electrons. The number of fused-ring (bicyclic) bond motifs is 6. The average Bonchev–Trinajstić information content (AvgIpc) is 3.40. The van der Waals surface area contributed by atoms with Crippen LogP contribution in [0, 0.1) is 0 Å². The van der Waals surface area contributed by atoms with Crippen LogP contribution in [0.5, 0.6) is 0 Å². The summed E-state index contributed by atoms with van der Waals surface area (Å²) in [5.41, 5.74) is 9.82. The van der Waals surface area contributed by atoms with E-state index >= 15 is 0 Å². The maximum atomic E-state index is 5.34. The molecule has 3 aromatic carbocycles. The Balaban J connectivity index is 1.60. The number of nitrogens with zero attached hydrogens (tertiary/aromatic N) is 4. The first kappa shape index (κ1) is 20.9. The zero-order valence-electron chi connectivity index (χ0n) is 20.6. The Labute approximate surface area is 209 Å². The summed E-state index contributed by atoms with van der Waals surface area (Å²) >= 11 is 0. The SMILES string of the molecule is CC(C)(C)c1ccc(-n2c3cccnc3c3cc4c(nc32)c2ccccc2n4-c2ccccc2)cc1. The normalized spacial score (nSPS) is 12.3. The first-order valence-electron chi connectivity index (χ1n) is 12.4. The van der Waals surface area contributed by atoms with Crippen LogP contribution in [0.4, 0.5) is 0 Å². The van der Waals surface area contributed by atoms with Gasteiger partial charge in [0.1, 0.15) is 5.65 Å². The molecule has 0 unspecified atom stereocenters. The molecule has 36 heavy (non-hydrogen) atoms. The van der Waals surface area contributed by atoms with E-state index in [2.05, 4.69) is 121 Å². The molecule has 0 aliphatic rings. The molecule has 7 rings (SSSR count). The van der Waals surface area contributed by atoms with E-state index in [9.17, 15) is 0 Å². The predicted octanol–water partition coefficient (Wildman–Crippen LogP) is 7.97. The predicted molar refractivity (Wildman–Crippen MR) is 149 cm³/mol. The number of pyridine rings is 2. The molecule has 0 amide bonds. The van der Waals surface area contributed by atoms with E-state index in [0.717, 1.165) is 55.4 Å². The molecule has 0 atom stereocenters. The molecule has 0 radical (unpaired) electrons. The van der Waals surface area contributed by atoms with Crippen molar-refractivity contribution in [2.45, 2.75) is 26.2 Å². The molecular weight excluding hydrogens is 440 g/mol. The average molecular weight is 467 g/mol. The minimum absolute atomic E-state index is 0.102. The smallest absolute Gasteiger partial charge is 0.148 e. The summed E-state index contributed by atoms with van der Waals surface area (Å²) in [6.07, 6.45) is 1.87. The van der Waals surface area contributed by atoms with Gasteiger partial charge < -0.3 is 4.57 Å². The number of benzene rings is 3. The quantitative estimate of drug-likeness (QED) is 0.259. The molecule has 0 fully saturated rings. The third-order valence-corrected chi connectivity index (χ3v) is 7.12. The molecule has 0 aliphatic heterocycles. The molecule has 0 aliphatic carbocycles. The van der Waals surface area contributed by atoms with Crippen molar-refractivity contribution in [2.75, 3.05) is 0 Å². The standard InChI is InChI=1S/C32H26N4/c1-32(2,3)21-15-17-23(18-16-21)36-27-14-9-19-33-29(27)25-20-28-30(34-31(25)36)24-12-7-8-13-26(24)35(28)22-10-5-4-6-11-22/h4-20H,1-3H3. The van der Waals surface area contributed by atoms with E-state index in [-0.39, 0.29) is 5.41 Å². The highest BCUT2D eigenvalue weighted by atomic mass is 15.1. The zero-order valence-corrected chi connectivity index (χ0v) is 20.6. The van der Waals surface area contributed by atoms with Crippen LogP contribution in [0.1, 0.15) is 26.3 Å². The first-order valence-corrected chi connectivity index (χ1v) is 12.4. The van der Waals surface area contributed by atoms with Crippen LogP contribution in [-0.4, -0.2) is 19.1 Å². The summed E-state index contributed by atoms with van der Waals surface area (Å²) in [7, 11) is 0. The lowest BCUT2D eigenvalue weighted by atomic mass is 9.87. The van der Waals surface area contributed by atoms with E-state index < -0.39 is 0 Å². The highest BCUT2D eigenvalue weighted by molar-refractivity contribution is 6.14. The fraction of sp³-hybridized carbons (Fsp3) is 0.125. The van der Waals surface area contributed by atoms with Crippen LogP contribution in [0.2, 0.25) is 0 Å². The summed E-state index contributed by atoms with van der Waals surface area (Å²) < 4.78 is 4.56. The van der Waals surface area contributed by atoms with E-state index in [1.54, 1.807) is 0 Å². The van der Waals surface area contributed by atoms with Crippen LogP contribution in [-0.2, 0) is 5.41 Å². The highest BCUT2D eigenvalue weighted by Gasteiger charge is 2.20. The van der Waals surface area contributed by atoms with Gasteiger partial charge in [-0.25, -0.2) is 4.98 Å². The lowest BCUT2D eigenvalue weighted by molar-refractivity contribution is 0.590. The minimum Gasteiger partial charge on any atom is -0.308 e. The van der Waals surface area contributed by atoms with E-state index in [0.29, 0.717) is 0 Å². The second-order valence-corrected chi connectivity index (χ2v) is 10.4. The molecule has 0 bridgehead atoms. The van der Waals surface area contributed by atoms with Crippen molar-refractivity contribution in [2.24, 2.45) is 0 Å². The van der Waals surface area contributed by atoms with Gasteiger partial charge in [-0.2, -0.15) is 0 Å². The highest BCUT2D eigenvalue weighted by Crippen LogP contribution is 2.37.